The molecular weight excluding hydrogens is 448 g/mol. The van der Waals surface area contributed by atoms with Crippen LogP contribution in [0.4, 0.5) is 0 Å². The third kappa shape index (κ3) is 20.4. The van der Waals surface area contributed by atoms with Gasteiger partial charge in [0.05, 0.1) is 9.97 Å². The average molecular weight is 484 g/mol. The molecular formula is C19H36Br2O2Si. The molecule has 5 heteroatoms. The highest BCUT2D eigenvalue weighted by Gasteiger charge is 1.99. The standard InChI is InChI=1S/C19H36Br2O2Si/c1-2-18(22)23-16-14-12-10-8-6-4-3-5-7-9-11-13-15-17-24-19(20)21/h2,19H,1,3-17,24H2. The van der Waals surface area contributed by atoms with E-state index in [9.17, 15) is 4.79 Å². The van der Waals surface area contributed by atoms with E-state index >= 15 is 0 Å². The fourth-order valence-corrected chi connectivity index (χ4v) is 5.65. The van der Waals surface area contributed by atoms with Gasteiger partial charge in [0.25, 0.3) is 0 Å². The van der Waals surface area contributed by atoms with E-state index in [0.717, 1.165) is 12.8 Å². The normalized spacial score (nSPS) is 11.5. The van der Waals surface area contributed by atoms with Gasteiger partial charge in [-0.15, -0.1) is 0 Å². The largest absolute Gasteiger partial charge is 0.463 e. The number of carbonyl (C=O) groups is 1. The van der Waals surface area contributed by atoms with E-state index in [-0.39, 0.29) is 15.5 Å². The Balaban J connectivity index is 3.03. The fourth-order valence-electron chi connectivity index (χ4n) is 2.75. The molecule has 0 aliphatic heterocycles. The highest BCUT2D eigenvalue weighted by atomic mass is 79.9. The molecule has 24 heavy (non-hydrogen) atoms. The van der Waals surface area contributed by atoms with Crippen molar-refractivity contribution in [2.45, 2.75) is 92.9 Å². The smallest absolute Gasteiger partial charge is 0.330 e. The lowest BCUT2D eigenvalue weighted by Crippen LogP contribution is -2.01. The number of halogens is 2. The summed E-state index contributed by atoms with van der Waals surface area (Å²) in [7, 11) is 0.0854. The first-order valence-corrected chi connectivity index (χ1v) is 13.4. The Labute approximate surface area is 168 Å². The zero-order valence-electron chi connectivity index (χ0n) is 15.2. The molecule has 0 fully saturated rings. The Morgan fingerprint density at radius 1 is 0.833 bits per heavy atom. The van der Waals surface area contributed by atoms with Crippen molar-refractivity contribution in [3.63, 3.8) is 0 Å². The summed E-state index contributed by atoms with van der Waals surface area (Å²) in [5.41, 5.74) is 0. The topological polar surface area (TPSA) is 26.3 Å². The quantitative estimate of drug-likeness (QED) is 0.0735. The van der Waals surface area contributed by atoms with E-state index < -0.39 is 0 Å². The summed E-state index contributed by atoms with van der Waals surface area (Å²) in [6.45, 7) is 3.92. The molecule has 0 saturated carbocycles. The molecule has 0 bridgehead atoms. The highest BCUT2D eigenvalue weighted by molar-refractivity contribution is 9.25. The second-order valence-electron chi connectivity index (χ2n) is 6.50. The second kappa shape index (κ2) is 19.7. The first-order chi connectivity index (χ1) is 11.7. The molecule has 0 aliphatic rings. The van der Waals surface area contributed by atoms with Crippen molar-refractivity contribution in [3.8, 4) is 0 Å². The summed E-state index contributed by atoms with van der Waals surface area (Å²) in [5, 5.41) is 0. The third-order valence-electron chi connectivity index (χ3n) is 4.23. The van der Waals surface area contributed by atoms with E-state index in [4.69, 9.17) is 4.74 Å². The fraction of sp³-hybridized carbons (Fsp3) is 0.842. The molecule has 2 nitrogen and oxygen atoms in total. The van der Waals surface area contributed by atoms with E-state index in [0.29, 0.717) is 9.97 Å². The van der Waals surface area contributed by atoms with Gasteiger partial charge in [0.15, 0.2) is 0 Å². The van der Waals surface area contributed by atoms with Crippen molar-refractivity contribution >= 4 is 47.3 Å². The predicted octanol–water partition coefficient (Wildman–Crippen LogP) is 6.45. The van der Waals surface area contributed by atoms with Crippen LogP contribution in [0.25, 0.3) is 0 Å². The van der Waals surface area contributed by atoms with Crippen LogP contribution in [0.5, 0.6) is 0 Å². The lowest BCUT2D eigenvalue weighted by atomic mass is 10.0. The van der Waals surface area contributed by atoms with Crippen molar-refractivity contribution in [1.29, 1.82) is 0 Å². The van der Waals surface area contributed by atoms with Crippen LogP contribution in [0.1, 0.15) is 83.5 Å². The zero-order chi connectivity index (χ0) is 17.9. The van der Waals surface area contributed by atoms with E-state index in [1.807, 2.05) is 0 Å². The number of hydrogen-bond acceptors (Lipinski definition) is 2. The van der Waals surface area contributed by atoms with Crippen LogP contribution in [0.2, 0.25) is 6.04 Å². The van der Waals surface area contributed by atoms with Crippen molar-refractivity contribution in [2.24, 2.45) is 0 Å². The van der Waals surface area contributed by atoms with E-state index in [2.05, 4.69) is 38.4 Å². The van der Waals surface area contributed by atoms with E-state index in [1.54, 1.807) is 0 Å². The lowest BCUT2D eigenvalue weighted by Gasteiger charge is -2.04. The zero-order valence-corrected chi connectivity index (χ0v) is 19.8. The highest BCUT2D eigenvalue weighted by Crippen LogP contribution is 2.14. The minimum Gasteiger partial charge on any atom is -0.463 e. The number of esters is 1. The van der Waals surface area contributed by atoms with Crippen LogP contribution >= 0.6 is 31.9 Å². The maximum atomic E-state index is 10.8. The monoisotopic (exact) mass is 482 g/mol. The van der Waals surface area contributed by atoms with Gasteiger partial charge in [0, 0.05) is 15.6 Å². The summed E-state index contributed by atoms with van der Waals surface area (Å²) < 4.78 is 5.59. The Hall–Kier alpha value is 0.387. The number of unbranched alkanes of at least 4 members (excludes halogenated alkanes) is 12. The molecule has 0 aromatic rings. The molecule has 0 radical (unpaired) electrons. The van der Waals surface area contributed by atoms with Crippen LogP contribution < -0.4 is 0 Å². The molecule has 0 rings (SSSR count). The molecule has 142 valence electrons. The predicted molar refractivity (Wildman–Crippen MR) is 116 cm³/mol. The first-order valence-electron chi connectivity index (χ1n) is 9.74. The van der Waals surface area contributed by atoms with Gasteiger partial charge >= 0.3 is 5.97 Å². The van der Waals surface area contributed by atoms with Gasteiger partial charge in [-0.3, -0.25) is 0 Å². The molecule has 0 N–H and O–H groups in total. The maximum absolute atomic E-state index is 10.8. The van der Waals surface area contributed by atoms with Crippen LogP contribution in [-0.4, -0.2) is 25.5 Å². The number of alkyl halides is 2. The van der Waals surface area contributed by atoms with Crippen molar-refractivity contribution < 1.29 is 9.53 Å². The molecule has 0 amide bonds. The number of carbonyl (C=O) groups excluding carboxylic acids is 1. The summed E-state index contributed by atoms with van der Waals surface area (Å²) in [5.74, 6) is -0.302. The lowest BCUT2D eigenvalue weighted by molar-refractivity contribution is -0.137. The molecule has 0 spiro atoms. The van der Waals surface area contributed by atoms with Gasteiger partial charge in [0.1, 0.15) is 0 Å². The van der Waals surface area contributed by atoms with Crippen molar-refractivity contribution in [2.75, 3.05) is 6.61 Å². The summed E-state index contributed by atoms with van der Waals surface area (Å²) in [6, 6.07) is 1.47. The second-order valence-corrected chi connectivity index (χ2v) is 14.4. The van der Waals surface area contributed by atoms with E-state index in [1.165, 1.54) is 82.7 Å². The molecule has 0 atom stereocenters. The number of rotatable bonds is 18. The van der Waals surface area contributed by atoms with Crippen LogP contribution in [0.15, 0.2) is 12.7 Å². The number of hydrogen-bond donors (Lipinski definition) is 0. The minimum absolute atomic E-state index is 0.0854. The van der Waals surface area contributed by atoms with Crippen molar-refractivity contribution in [1.82, 2.24) is 0 Å². The third-order valence-corrected chi connectivity index (χ3v) is 8.32. The molecule has 0 saturated heterocycles. The van der Waals surface area contributed by atoms with Gasteiger partial charge in [-0.25, -0.2) is 4.79 Å². The van der Waals surface area contributed by atoms with Gasteiger partial charge < -0.3 is 4.74 Å². The Bertz CT molecular complexity index is 299. The number of ether oxygens (including phenoxy) is 1. The van der Waals surface area contributed by atoms with Gasteiger partial charge in [-0.2, -0.15) is 0 Å². The molecule has 0 aromatic heterocycles. The molecule has 0 heterocycles. The van der Waals surface area contributed by atoms with Gasteiger partial charge in [0.2, 0.25) is 0 Å². The average Bonchev–Trinajstić information content (AvgIpc) is 2.57. The van der Waals surface area contributed by atoms with Gasteiger partial charge in [-0.1, -0.05) is 122 Å². The van der Waals surface area contributed by atoms with Gasteiger partial charge in [-0.05, 0) is 6.42 Å². The summed E-state index contributed by atoms with van der Waals surface area (Å²) >= 11 is 7.17. The summed E-state index contributed by atoms with van der Waals surface area (Å²) in [6.07, 6.45) is 18.7. The van der Waals surface area contributed by atoms with Crippen LogP contribution in [0, 0.1) is 0 Å². The minimum atomic E-state index is -0.302. The Morgan fingerprint density at radius 2 is 1.25 bits per heavy atom. The first kappa shape index (κ1) is 24.4. The van der Waals surface area contributed by atoms with Crippen LogP contribution in [0.3, 0.4) is 0 Å². The van der Waals surface area contributed by atoms with Crippen molar-refractivity contribution in [3.05, 3.63) is 12.7 Å². The Morgan fingerprint density at radius 3 is 1.67 bits per heavy atom. The summed E-state index contributed by atoms with van der Waals surface area (Å²) in [4.78, 5) is 10.8. The molecule has 0 unspecified atom stereocenters. The Kier molecular flexibility index (Phi) is 20.0. The molecule has 0 aromatic carbocycles. The van der Waals surface area contributed by atoms with Crippen LogP contribution in [-0.2, 0) is 9.53 Å². The maximum Gasteiger partial charge on any atom is 0.330 e. The molecule has 0 aliphatic carbocycles. The SMILES string of the molecule is C=CC(=O)OCCCCCCCCCCCCCCC[SiH2]C(Br)Br.